The van der Waals surface area contributed by atoms with Crippen LogP contribution in [0.25, 0.3) is 54.4 Å². The van der Waals surface area contributed by atoms with Crippen LogP contribution in [0.2, 0.25) is 0 Å². The molecule has 5 aromatic rings. The highest BCUT2D eigenvalue weighted by atomic mass is 14.7. The van der Waals surface area contributed by atoms with Crippen LogP contribution in [0.15, 0.2) is 97.1 Å². The summed E-state index contributed by atoms with van der Waals surface area (Å²) in [4.78, 5) is 7.40. The zero-order valence-corrected chi connectivity index (χ0v) is 29.7. The van der Waals surface area contributed by atoms with E-state index < -0.39 is 0 Å². The maximum atomic E-state index is 10.9. The largest absolute Gasteiger partial charge is 0.238 e. The van der Waals surface area contributed by atoms with E-state index >= 15 is 0 Å². The van der Waals surface area contributed by atoms with Crippen LogP contribution in [-0.4, -0.2) is 0 Å². The predicted molar refractivity (Wildman–Crippen MR) is 213 cm³/mol. The van der Waals surface area contributed by atoms with Crippen molar-refractivity contribution in [1.82, 2.24) is 0 Å². The molecule has 58 heavy (non-hydrogen) atoms. The van der Waals surface area contributed by atoms with Crippen LogP contribution in [0.1, 0.15) is 72.3 Å². The van der Waals surface area contributed by atoms with E-state index in [1.165, 1.54) is 36.4 Å². The molecular formula is C48H16N10. The average Bonchev–Trinajstić information content (AvgIpc) is 3.77. The first-order chi connectivity index (χ1) is 28.3. The number of nitriles is 8. The van der Waals surface area contributed by atoms with Gasteiger partial charge in [-0.05, 0) is 105 Å². The Morgan fingerprint density at radius 2 is 0.862 bits per heavy atom. The molecule has 0 spiro atoms. The highest BCUT2D eigenvalue weighted by molar-refractivity contribution is 6.34. The van der Waals surface area contributed by atoms with Gasteiger partial charge in [-0.3, -0.25) is 0 Å². The second-order valence-corrected chi connectivity index (χ2v) is 12.8. The lowest BCUT2D eigenvalue weighted by atomic mass is 9.87. The summed E-state index contributed by atoms with van der Waals surface area (Å²) < 4.78 is 0. The SMILES string of the molecule is [C-]#[N+]/C(=C1/C(c2ccc(C#N)cc2)=C(C#N)c2cc3c(cc21)C(C#N)=C(c1ccc([N+]#[C-])cc1)/C3=C(/C#N)c1cc(C#N)cc(C#N)c1)c1cc(C#N)cc(C#N)c1. The molecule has 10 nitrogen and oxygen atoms in total. The molecule has 0 heterocycles. The number of fused-ring (bicyclic) bond motifs is 2. The molecule has 10 heteroatoms. The molecule has 0 fully saturated rings. The van der Waals surface area contributed by atoms with Crippen molar-refractivity contribution in [2.24, 2.45) is 0 Å². The van der Waals surface area contributed by atoms with Crippen molar-refractivity contribution in [2.75, 3.05) is 0 Å². The van der Waals surface area contributed by atoms with E-state index in [-0.39, 0.29) is 66.9 Å². The van der Waals surface area contributed by atoms with Gasteiger partial charge in [0.1, 0.15) is 18.2 Å². The average molecular weight is 733 g/mol. The van der Waals surface area contributed by atoms with Gasteiger partial charge in [-0.15, -0.1) is 0 Å². The summed E-state index contributed by atoms with van der Waals surface area (Å²) in [6, 6.07) is 42.0. The molecule has 0 saturated carbocycles. The van der Waals surface area contributed by atoms with Crippen molar-refractivity contribution in [3.8, 4) is 48.6 Å². The van der Waals surface area contributed by atoms with Gasteiger partial charge >= 0.3 is 0 Å². The minimum Gasteiger partial charge on any atom is -0.238 e. The molecule has 5 aromatic carbocycles. The van der Waals surface area contributed by atoms with Gasteiger partial charge in [0.15, 0.2) is 5.69 Å². The highest BCUT2D eigenvalue weighted by Crippen LogP contribution is 2.56. The minimum atomic E-state index is 0.0145. The molecular weight excluding hydrogens is 717 g/mol. The second-order valence-electron chi connectivity index (χ2n) is 12.8. The van der Waals surface area contributed by atoms with Crippen molar-refractivity contribution < 1.29 is 0 Å². The highest BCUT2D eigenvalue weighted by Gasteiger charge is 2.37. The molecule has 0 amide bonds. The molecule has 0 aromatic heterocycles. The molecule has 0 aliphatic heterocycles. The number of nitrogens with zero attached hydrogens (tertiary/aromatic N) is 10. The first-order valence-corrected chi connectivity index (χ1v) is 16.9. The zero-order chi connectivity index (χ0) is 41.1. The Kier molecular flexibility index (Phi) is 9.25. The Morgan fingerprint density at radius 3 is 1.28 bits per heavy atom. The third-order valence-corrected chi connectivity index (χ3v) is 9.70. The van der Waals surface area contributed by atoms with E-state index in [2.05, 4.69) is 34.0 Å². The zero-order valence-electron chi connectivity index (χ0n) is 29.7. The Bertz CT molecular complexity index is 3010. The summed E-state index contributed by atoms with van der Waals surface area (Å²) >= 11 is 0. The molecule has 0 radical (unpaired) electrons. The van der Waals surface area contributed by atoms with Gasteiger partial charge in [-0.2, -0.15) is 42.1 Å². The lowest BCUT2D eigenvalue weighted by molar-refractivity contribution is 1.43. The number of hydrogen-bond acceptors (Lipinski definition) is 8. The molecule has 7 rings (SSSR count). The quantitative estimate of drug-likeness (QED) is 0.128. The number of rotatable bonds is 4. The number of benzene rings is 5. The van der Waals surface area contributed by atoms with Gasteiger partial charge in [-0.25, -0.2) is 9.69 Å². The van der Waals surface area contributed by atoms with E-state index in [4.69, 9.17) is 13.1 Å². The van der Waals surface area contributed by atoms with Crippen LogP contribution < -0.4 is 0 Å². The summed E-state index contributed by atoms with van der Waals surface area (Å²) in [6.45, 7) is 15.9. The molecule has 0 N–H and O–H groups in total. The normalized spacial score (nSPS) is 13.6. The summed E-state index contributed by atoms with van der Waals surface area (Å²) in [5, 5.41) is 81.6. The van der Waals surface area contributed by atoms with Crippen LogP contribution in [0.3, 0.4) is 0 Å². The molecule has 258 valence electrons. The predicted octanol–water partition coefficient (Wildman–Crippen LogP) is 9.71. The monoisotopic (exact) mass is 732 g/mol. The standard InChI is InChI=1S/C48H16N10/c1-57-36-9-7-33(8-10-36)44-42(25-55)37-18-40-38(17-39(37)46(44)41(24-54)34-13-28(20-50)11-29(14-34)21-51)43(26-56)45(32-5-3-27(19-49)4-6-32)47(40)48(58-2)35-15-30(22-52)12-31(16-35)23-53/h3-18H/b46-41-,48-47+. The number of allylic oxidation sites excluding steroid dienone is 7. The van der Waals surface area contributed by atoms with Crippen molar-refractivity contribution in [2.45, 2.75) is 0 Å². The van der Waals surface area contributed by atoms with E-state index in [0.29, 0.717) is 55.8 Å². The van der Waals surface area contributed by atoms with Crippen molar-refractivity contribution in [1.29, 1.82) is 42.1 Å². The summed E-state index contributed by atoms with van der Waals surface area (Å²) in [6.07, 6.45) is 0. The molecule has 2 aliphatic rings. The maximum absolute atomic E-state index is 10.9. The van der Waals surface area contributed by atoms with Crippen LogP contribution >= 0.6 is 0 Å². The Hall–Kier alpha value is -10.0. The fourth-order valence-electron chi connectivity index (χ4n) is 7.27. The fraction of sp³-hybridized carbons (Fsp3) is 0. The van der Waals surface area contributed by atoms with Crippen LogP contribution in [-0.2, 0) is 0 Å². The first-order valence-electron chi connectivity index (χ1n) is 16.9. The Balaban J connectivity index is 1.66. The lowest BCUT2D eigenvalue weighted by Gasteiger charge is -2.15. The Labute approximate surface area is 332 Å². The number of hydrogen-bond donors (Lipinski definition) is 0. The van der Waals surface area contributed by atoms with Gasteiger partial charge in [0.2, 0.25) is 5.70 Å². The van der Waals surface area contributed by atoms with E-state index in [9.17, 15) is 42.1 Å². The topological polar surface area (TPSA) is 199 Å². The van der Waals surface area contributed by atoms with Crippen LogP contribution in [0.4, 0.5) is 5.69 Å². The molecule has 2 aliphatic carbocycles. The minimum absolute atomic E-state index is 0.0145. The second kappa shape index (κ2) is 14.8. The van der Waals surface area contributed by atoms with E-state index in [0.717, 1.165) is 0 Å². The van der Waals surface area contributed by atoms with E-state index in [1.54, 1.807) is 60.7 Å². The smallest absolute Gasteiger partial charge is 0.202 e. The van der Waals surface area contributed by atoms with Gasteiger partial charge in [0.25, 0.3) is 0 Å². The third kappa shape index (κ3) is 5.86. The summed E-state index contributed by atoms with van der Waals surface area (Å²) in [5.41, 5.74) is 5.72. The lowest BCUT2D eigenvalue weighted by Crippen LogP contribution is -1.97. The molecule has 0 unspecified atom stereocenters. The molecule has 0 saturated heterocycles. The Morgan fingerprint density at radius 1 is 0.431 bits per heavy atom. The van der Waals surface area contributed by atoms with Gasteiger partial charge in [0, 0.05) is 22.3 Å². The first kappa shape index (κ1) is 36.3. The van der Waals surface area contributed by atoms with Gasteiger partial charge < -0.3 is 0 Å². The van der Waals surface area contributed by atoms with E-state index in [1.807, 2.05) is 24.3 Å². The summed E-state index contributed by atoms with van der Waals surface area (Å²) in [7, 11) is 0. The van der Waals surface area contributed by atoms with Gasteiger partial charge in [-0.1, -0.05) is 36.4 Å². The van der Waals surface area contributed by atoms with Crippen LogP contribution in [0.5, 0.6) is 0 Å². The molecule has 0 bridgehead atoms. The van der Waals surface area contributed by atoms with Crippen LogP contribution in [0, 0.1) is 104 Å². The van der Waals surface area contributed by atoms with Gasteiger partial charge in [0.05, 0.1) is 88.0 Å². The third-order valence-electron chi connectivity index (χ3n) is 9.70. The fourth-order valence-corrected chi connectivity index (χ4v) is 7.27. The summed E-state index contributed by atoms with van der Waals surface area (Å²) in [5.74, 6) is 0. The van der Waals surface area contributed by atoms with Crippen molar-refractivity contribution >= 4 is 50.4 Å². The maximum Gasteiger partial charge on any atom is 0.202 e. The van der Waals surface area contributed by atoms with Crippen molar-refractivity contribution in [3.05, 3.63) is 192 Å². The van der Waals surface area contributed by atoms with Crippen molar-refractivity contribution in [3.63, 3.8) is 0 Å². The molecule has 0 atom stereocenters.